The molecule has 0 bridgehead atoms. The molecule has 0 atom stereocenters. The van der Waals surface area contributed by atoms with Gasteiger partial charge < -0.3 is 9.47 Å². The average molecular weight is 171 g/mol. The first kappa shape index (κ1) is 10.7. The van der Waals surface area contributed by atoms with Crippen molar-refractivity contribution in [1.82, 2.24) is 0 Å². The maximum Gasteiger partial charge on any atom is 0.389 e. The monoisotopic (exact) mass is 171 g/mol. The first-order chi connectivity index (χ1) is 4.99. The summed E-state index contributed by atoms with van der Waals surface area (Å²) in [6.07, 6.45) is -5.30. The van der Waals surface area contributed by atoms with E-state index in [4.69, 9.17) is 0 Å². The van der Waals surface area contributed by atoms with Crippen molar-refractivity contribution in [3.8, 4) is 0 Å². The molecule has 2 nitrogen and oxygen atoms in total. The van der Waals surface area contributed by atoms with E-state index < -0.39 is 12.6 Å². The van der Waals surface area contributed by atoms with Gasteiger partial charge in [0.05, 0.1) is 0 Å². The van der Waals surface area contributed by atoms with Gasteiger partial charge in [-0.05, 0) is 0 Å². The van der Waals surface area contributed by atoms with Gasteiger partial charge in [0.15, 0.2) is 0 Å². The van der Waals surface area contributed by atoms with Gasteiger partial charge in [-0.1, -0.05) is 0 Å². The van der Waals surface area contributed by atoms with Crippen LogP contribution in [0.4, 0.5) is 13.2 Å². The number of halogens is 3. The summed E-state index contributed by atoms with van der Waals surface area (Å²) in [5.74, 6) is 0. The van der Waals surface area contributed by atoms with Gasteiger partial charge in [0.2, 0.25) is 6.29 Å². The normalized spacial score (nSPS) is 12.5. The van der Waals surface area contributed by atoms with Crippen molar-refractivity contribution in [3.63, 3.8) is 0 Å². The van der Waals surface area contributed by atoms with E-state index in [9.17, 15) is 13.2 Å². The molecule has 0 aliphatic carbocycles. The fraction of sp³-hybridized carbons (Fsp3) is 0.833. The molecule has 0 aliphatic heterocycles. The third-order valence-electron chi connectivity index (χ3n) is 1.07. The summed E-state index contributed by atoms with van der Waals surface area (Å²) in [6, 6.07) is 0. The largest absolute Gasteiger partial charge is 0.389 e. The molecule has 0 rings (SSSR count). The van der Waals surface area contributed by atoms with Crippen LogP contribution in [-0.4, -0.2) is 20.4 Å². The van der Waals surface area contributed by atoms with Crippen LogP contribution in [0.2, 0.25) is 0 Å². The Morgan fingerprint density at radius 2 is 1.64 bits per heavy atom. The highest BCUT2D eigenvalue weighted by molar-refractivity contribution is 4.66. The van der Waals surface area contributed by atoms with E-state index in [2.05, 4.69) is 9.47 Å². The highest BCUT2D eigenvalue weighted by atomic mass is 19.4. The Morgan fingerprint density at radius 1 is 1.18 bits per heavy atom. The van der Waals surface area contributed by atoms with Crippen LogP contribution in [0.1, 0.15) is 12.8 Å². The number of hydrogen-bond acceptors (Lipinski definition) is 2. The summed E-state index contributed by atoms with van der Waals surface area (Å²) in [7, 11) is 2.55. The predicted molar refractivity (Wildman–Crippen MR) is 32.5 cm³/mol. The van der Waals surface area contributed by atoms with Crippen molar-refractivity contribution in [2.24, 2.45) is 0 Å². The van der Waals surface area contributed by atoms with Gasteiger partial charge in [-0.15, -0.1) is 0 Å². The Morgan fingerprint density at radius 3 is 1.91 bits per heavy atom. The lowest BCUT2D eigenvalue weighted by molar-refractivity contribution is -0.143. The standard InChI is InChI=1S/C6H10F3O2/c1-10-5(11-2)3-4-6(7,8)9/h3-4H2,1-2H3. The number of alkyl halides is 3. The fourth-order valence-corrected chi connectivity index (χ4v) is 0.531. The highest BCUT2D eigenvalue weighted by Crippen LogP contribution is 2.25. The van der Waals surface area contributed by atoms with Crippen LogP contribution in [0.25, 0.3) is 0 Å². The van der Waals surface area contributed by atoms with E-state index in [1.807, 2.05) is 0 Å². The van der Waals surface area contributed by atoms with Crippen LogP contribution in [-0.2, 0) is 9.47 Å². The minimum absolute atomic E-state index is 0.00215. The summed E-state index contributed by atoms with van der Waals surface area (Å²) >= 11 is 0. The zero-order valence-electron chi connectivity index (χ0n) is 6.36. The minimum atomic E-state index is -4.15. The summed E-state index contributed by atoms with van der Waals surface area (Å²) in [5, 5.41) is 0. The van der Waals surface area contributed by atoms with Crippen LogP contribution in [0.5, 0.6) is 0 Å². The molecule has 0 N–H and O–H groups in total. The maximum atomic E-state index is 11.6. The van der Waals surface area contributed by atoms with Crippen molar-refractivity contribution in [2.75, 3.05) is 14.2 Å². The van der Waals surface area contributed by atoms with Crippen LogP contribution in [0.3, 0.4) is 0 Å². The SMILES string of the molecule is CO[C](CCC(F)(F)F)OC. The van der Waals surface area contributed by atoms with Crippen LogP contribution in [0, 0.1) is 6.29 Å². The lowest BCUT2D eigenvalue weighted by Gasteiger charge is -2.11. The van der Waals surface area contributed by atoms with Crippen LogP contribution < -0.4 is 0 Å². The summed E-state index contributed by atoms with van der Waals surface area (Å²) < 4.78 is 43.7. The number of ether oxygens (including phenoxy) is 2. The molecule has 67 valence electrons. The van der Waals surface area contributed by atoms with Crippen molar-refractivity contribution < 1.29 is 22.6 Å². The van der Waals surface area contributed by atoms with Crippen molar-refractivity contribution in [3.05, 3.63) is 6.29 Å². The van der Waals surface area contributed by atoms with Gasteiger partial charge in [-0.3, -0.25) is 0 Å². The van der Waals surface area contributed by atoms with Gasteiger partial charge in [0.1, 0.15) is 0 Å². The highest BCUT2D eigenvalue weighted by Gasteiger charge is 2.28. The summed E-state index contributed by atoms with van der Waals surface area (Å²) in [4.78, 5) is 0. The van der Waals surface area contributed by atoms with E-state index in [0.29, 0.717) is 0 Å². The zero-order valence-corrected chi connectivity index (χ0v) is 6.36. The van der Waals surface area contributed by atoms with Crippen molar-refractivity contribution in [2.45, 2.75) is 19.0 Å². The molecular formula is C6H10F3O2. The molecule has 0 aromatic heterocycles. The second kappa shape index (κ2) is 4.56. The van der Waals surface area contributed by atoms with Gasteiger partial charge >= 0.3 is 6.18 Å². The van der Waals surface area contributed by atoms with E-state index in [1.165, 1.54) is 14.2 Å². The fourth-order valence-electron chi connectivity index (χ4n) is 0.531. The zero-order chi connectivity index (χ0) is 8.91. The molecule has 0 amide bonds. The van der Waals surface area contributed by atoms with Gasteiger partial charge in [-0.25, -0.2) is 0 Å². The van der Waals surface area contributed by atoms with E-state index in [0.717, 1.165) is 0 Å². The molecule has 0 aromatic carbocycles. The van der Waals surface area contributed by atoms with E-state index >= 15 is 0 Å². The molecular weight excluding hydrogens is 161 g/mol. The topological polar surface area (TPSA) is 18.5 Å². The third kappa shape index (κ3) is 6.12. The molecule has 0 heterocycles. The number of methoxy groups -OCH3 is 2. The molecule has 0 fully saturated rings. The smallest absolute Gasteiger partial charge is 0.349 e. The Balaban J connectivity index is 3.51. The minimum Gasteiger partial charge on any atom is -0.349 e. The Labute approximate surface area is 63.3 Å². The average Bonchev–Trinajstić information content (AvgIpc) is 1.88. The number of hydrogen-bond donors (Lipinski definition) is 0. The lowest BCUT2D eigenvalue weighted by atomic mass is 10.3. The van der Waals surface area contributed by atoms with E-state index in [1.54, 1.807) is 0 Å². The quantitative estimate of drug-likeness (QED) is 0.644. The van der Waals surface area contributed by atoms with Crippen molar-refractivity contribution in [1.29, 1.82) is 0 Å². The third-order valence-corrected chi connectivity index (χ3v) is 1.07. The van der Waals surface area contributed by atoms with Crippen molar-refractivity contribution >= 4 is 0 Å². The predicted octanol–water partition coefficient (Wildman–Crippen LogP) is 2.11. The van der Waals surface area contributed by atoms with Gasteiger partial charge in [0.25, 0.3) is 0 Å². The lowest BCUT2D eigenvalue weighted by Crippen LogP contribution is -2.11. The second-order valence-electron chi connectivity index (χ2n) is 1.90. The molecule has 0 spiro atoms. The van der Waals surface area contributed by atoms with Gasteiger partial charge in [-0.2, -0.15) is 13.2 Å². The molecule has 0 unspecified atom stereocenters. The van der Waals surface area contributed by atoms with Crippen LogP contribution in [0.15, 0.2) is 0 Å². The molecule has 5 heteroatoms. The maximum absolute atomic E-state index is 11.6. The molecule has 0 aliphatic rings. The molecule has 0 saturated heterocycles. The Hall–Kier alpha value is -0.290. The van der Waals surface area contributed by atoms with E-state index in [-0.39, 0.29) is 12.7 Å². The molecule has 0 saturated carbocycles. The summed E-state index contributed by atoms with van der Waals surface area (Å²) in [5.41, 5.74) is 0. The summed E-state index contributed by atoms with van der Waals surface area (Å²) in [6.45, 7) is 0. The second-order valence-corrected chi connectivity index (χ2v) is 1.90. The Kier molecular flexibility index (Phi) is 4.44. The van der Waals surface area contributed by atoms with Gasteiger partial charge in [0, 0.05) is 27.1 Å². The first-order valence-corrected chi connectivity index (χ1v) is 3.00. The first-order valence-electron chi connectivity index (χ1n) is 3.00. The molecule has 0 aromatic rings. The Bertz CT molecular complexity index is 98.5. The molecule has 11 heavy (non-hydrogen) atoms. The number of rotatable bonds is 4. The van der Waals surface area contributed by atoms with Crippen LogP contribution >= 0.6 is 0 Å². The molecule has 1 radical (unpaired) electrons.